The Balaban J connectivity index is 2.19. The highest BCUT2D eigenvalue weighted by Crippen LogP contribution is 2.17. The van der Waals surface area contributed by atoms with Crippen LogP contribution in [0.5, 0.6) is 0 Å². The molecule has 2 aromatic rings. The fourth-order valence-electron chi connectivity index (χ4n) is 2.37. The number of fused-ring (bicyclic) bond motifs is 1. The summed E-state index contributed by atoms with van der Waals surface area (Å²) in [5.41, 5.74) is 0.739. The first-order chi connectivity index (χ1) is 10.2. The van der Waals surface area contributed by atoms with Gasteiger partial charge in [-0.3, -0.25) is 4.79 Å². The highest BCUT2D eigenvalue weighted by Gasteiger charge is 2.28. The number of H-pyrrole nitrogens is 2. The molecular formula is C13H20N4O4. The number of aromatic nitrogens is 3. The summed E-state index contributed by atoms with van der Waals surface area (Å²) in [6.07, 6.45) is 3.66. The quantitative estimate of drug-likeness (QED) is 0.364. The fourth-order valence-corrected chi connectivity index (χ4v) is 2.37. The van der Waals surface area contributed by atoms with E-state index in [4.69, 9.17) is 10.2 Å². The van der Waals surface area contributed by atoms with Crippen molar-refractivity contribution in [2.75, 3.05) is 19.8 Å². The lowest BCUT2D eigenvalue weighted by atomic mass is 9.92. The lowest BCUT2D eigenvalue weighted by Gasteiger charge is -2.32. The first-order valence-electron chi connectivity index (χ1n) is 6.77. The summed E-state index contributed by atoms with van der Waals surface area (Å²) >= 11 is 0. The number of hydrogen-bond acceptors (Lipinski definition) is 6. The molecule has 0 atom stereocenters. The summed E-state index contributed by atoms with van der Waals surface area (Å²) in [4.78, 5) is 21.1. The second kappa shape index (κ2) is 6.81. The average molecular weight is 296 g/mol. The molecule has 8 heteroatoms. The Morgan fingerprint density at radius 3 is 2.52 bits per heavy atom. The van der Waals surface area contributed by atoms with Gasteiger partial charge in [0, 0.05) is 37.1 Å². The van der Waals surface area contributed by atoms with Gasteiger partial charge in [-0.25, -0.2) is 4.98 Å². The van der Waals surface area contributed by atoms with Crippen LogP contribution in [-0.4, -0.2) is 55.6 Å². The van der Waals surface area contributed by atoms with Gasteiger partial charge >= 0.3 is 0 Å². The van der Waals surface area contributed by atoms with Crippen LogP contribution in [0.25, 0.3) is 11.0 Å². The highest BCUT2D eigenvalue weighted by molar-refractivity contribution is 5.77. The van der Waals surface area contributed by atoms with Gasteiger partial charge in [0.25, 0.3) is 5.56 Å². The molecule has 0 saturated heterocycles. The average Bonchev–Trinajstić information content (AvgIpc) is 2.90. The molecule has 0 aromatic carbocycles. The molecule has 0 aliphatic heterocycles. The molecule has 2 rings (SSSR count). The highest BCUT2D eigenvalue weighted by atomic mass is 16.3. The lowest BCUT2D eigenvalue weighted by Crippen LogP contribution is -2.49. The number of hydrogen-bond donors (Lipinski definition) is 6. The van der Waals surface area contributed by atoms with Gasteiger partial charge in [0.15, 0.2) is 0 Å². The topological polar surface area (TPSA) is 134 Å². The second-order valence-electron chi connectivity index (χ2n) is 5.01. The second-order valence-corrected chi connectivity index (χ2v) is 5.01. The standard InChI is InChI=1S/C13H20N4O4/c18-3-1-13(7-20,2-4-19)17-6-9-5-14-11-10(9)15-8-16-12(11)21/h5,8,14,17-20H,1-4,6-7H2,(H,15,16,21). The van der Waals surface area contributed by atoms with E-state index in [0.717, 1.165) is 5.56 Å². The van der Waals surface area contributed by atoms with E-state index < -0.39 is 5.54 Å². The SMILES string of the molecule is O=c1[nH]cnc2c(CNC(CO)(CCO)CCO)c[nH]c12. The summed E-state index contributed by atoms with van der Waals surface area (Å²) < 4.78 is 0. The molecular weight excluding hydrogens is 276 g/mol. The molecule has 116 valence electrons. The Morgan fingerprint density at radius 2 is 1.90 bits per heavy atom. The van der Waals surface area contributed by atoms with Crippen molar-refractivity contribution >= 4 is 11.0 Å². The van der Waals surface area contributed by atoms with Crippen molar-refractivity contribution in [3.63, 3.8) is 0 Å². The Hall–Kier alpha value is -1.74. The minimum atomic E-state index is -0.756. The van der Waals surface area contributed by atoms with Crippen molar-refractivity contribution in [2.45, 2.75) is 24.9 Å². The summed E-state index contributed by atoms with van der Waals surface area (Å²) in [5, 5.41) is 31.0. The number of nitrogens with one attached hydrogen (secondary N) is 3. The number of aliphatic hydroxyl groups is 3. The van der Waals surface area contributed by atoms with E-state index in [1.54, 1.807) is 6.20 Å². The maximum absolute atomic E-state index is 11.6. The molecule has 6 N–H and O–H groups in total. The monoisotopic (exact) mass is 296 g/mol. The molecule has 0 spiro atoms. The molecule has 2 heterocycles. The molecule has 0 radical (unpaired) electrons. The minimum absolute atomic E-state index is 0.0979. The smallest absolute Gasteiger partial charge is 0.275 e. The fraction of sp³-hybridized carbons (Fsp3) is 0.538. The number of rotatable bonds is 8. The van der Waals surface area contributed by atoms with Crippen molar-refractivity contribution in [3.8, 4) is 0 Å². The van der Waals surface area contributed by atoms with Crippen LogP contribution in [0.4, 0.5) is 0 Å². The van der Waals surface area contributed by atoms with Crippen molar-refractivity contribution < 1.29 is 15.3 Å². The molecule has 0 saturated carbocycles. The van der Waals surface area contributed by atoms with Crippen molar-refractivity contribution in [2.24, 2.45) is 0 Å². The normalized spacial score (nSPS) is 12.1. The van der Waals surface area contributed by atoms with Gasteiger partial charge in [0.05, 0.1) is 18.5 Å². The van der Waals surface area contributed by atoms with Gasteiger partial charge in [-0.05, 0) is 12.8 Å². The van der Waals surface area contributed by atoms with E-state index in [0.29, 0.717) is 30.4 Å². The molecule has 21 heavy (non-hydrogen) atoms. The lowest BCUT2D eigenvalue weighted by molar-refractivity contribution is 0.0966. The van der Waals surface area contributed by atoms with Gasteiger partial charge in [0.1, 0.15) is 5.52 Å². The predicted octanol–water partition coefficient (Wildman–Crippen LogP) is -1.16. The van der Waals surface area contributed by atoms with Gasteiger partial charge < -0.3 is 30.6 Å². The van der Waals surface area contributed by atoms with Crippen LogP contribution in [0.15, 0.2) is 17.3 Å². The molecule has 0 unspecified atom stereocenters. The van der Waals surface area contributed by atoms with Gasteiger partial charge in [-0.1, -0.05) is 0 Å². The van der Waals surface area contributed by atoms with E-state index >= 15 is 0 Å². The van der Waals surface area contributed by atoms with E-state index in [9.17, 15) is 9.90 Å². The number of aliphatic hydroxyl groups excluding tert-OH is 3. The zero-order chi connectivity index (χ0) is 15.3. The predicted molar refractivity (Wildman–Crippen MR) is 76.8 cm³/mol. The van der Waals surface area contributed by atoms with Crippen LogP contribution < -0.4 is 10.9 Å². The van der Waals surface area contributed by atoms with Gasteiger partial charge in [-0.15, -0.1) is 0 Å². The molecule has 0 amide bonds. The largest absolute Gasteiger partial charge is 0.396 e. The van der Waals surface area contributed by atoms with E-state index in [1.165, 1.54) is 6.33 Å². The number of aromatic amines is 2. The minimum Gasteiger partial charge on any atom is -0.396 e. The molecule has 0 fully saturated rings. The van der Waals surface area contributed by atoms with Crippen molar-refractivity contribution in [3.05, 3.63) is 28.4 Å². The number of nitrogens with zero attached hydrogens (tertiary/aromatic N) is 1. The molecule has 0 aliphatic rings. The van der Waals surface area contributed by atoms with Gasteiger partial charge in [-0.2, -0.15) is 0 Å². The molecule has 0 bridgehead atoms. The Bertz CT molecular complexity index is 630. The van der Waals surface area contributed by atoms with Crippen LogP contribution >= 0.6 is 0 Å². The van der Waals surface area contributed by atoms with Crippen molar-refractivity contribution in [1.29, 1.82) is 0 Å². The summed E-state index contributed by atoms with van der Waals surface area (Å²) in [5.74, 6) is 0. The zero-order valence-corrected chi connectivity index (χ0v) is 11.6. The Kier molecular flexibility index (Phi) is 5.07. The molecule has 8 nitrogen and oxygen atoms in total. The summed E-state index contributed by atoms with van der Waals surface area (Å²) in [6.45, 7) is -0.0414. The third kappa shape index (κ3) is 3.30. The van der Waals surface area contributed by atoms with E-state index in [2.05, 4.69) is 20.3 Å². The zero-order valence-electron chi connectivity index (χ0n) is 11.6. The third-order valence-corrected chi connectivity index (χ3v) is 3.69. The van der Waals surface area contributed by atoms with E-state index in [1.807, 2.05) is 0 Å². The van der Waals surface area contributed by atoms with Crippen LogP contribution in [0.2, 0.25) is 0 Å². The molecule has 2 aromatic heterocycles. The first kappa shape index (κ1) is 15.6. The van der Waals surface area contributed by atoms with Gasteiger partial charge in [0.2, 0.25) is 0 Å². The maximum Gasteiger partial charge on any atom is 0.275 e. The summed E-state index contributed by atoms with van der Waals surface area (Å²) in [6, 6.07) is 0. The van der Waals surface area contributed by atoms with Crippen LogP contribution in [0.3, 0.4) is 0 Å². The third-order valence-electron chi connectivity index (χ3n) is 3.69. The van der Waals surface area contributed by atoms with Crippen LogP contribution in [0.1, 0.15) is 18.4 Å². The summed E-state index contributed by atoms with van der Waals surface area (Å²) in [7, 11) is 0. The van der Waals surface area contributed by atoms with Crippen LogP contribution in [-0.2, 0) is 6.54 Å². The first-order valence-corrected chi connectivity index (χ1v) is 6.77. The Morgan fingerprint density at radius 1 is 1.19 bits per heavy atom. The van der Waals surface area contributed by atoms with Crippen molar-refractivity contribution in [1.82, 2.24) is 20.3 Å². The van der Waals surface area contributed by atoms with E-state index in [-0.39, 0.29) is 25.4 Å². The Labute approximate surface area is 120 Å². The molecule has 0 aliphatic carbocycles. The van der Waals surface area contributed by atoms with Crippen LogP contribution in [0, 0.1) is 0 Å². The maximum atomic E-state index is 11.6.